The zero-order valence-electron chi connectivity index (χ0n) is 11.2. The van der Waals surface area contributed by atoms with E-state index in [9.17, 15) is 0 Å². The molecular weight excluding hydrogens is 346 g/mol. The Morgan fingerprint density at radius 2 is 2.25 bits per heavy atom. The van der Waals surface area contributed by atoms with Crippen LogP contribution in [0.15, 0.2) is 27.2 Å². The first-order valence-electron chi connectivity index (χ1n) is 6.10. The van der Waals surface area contributed by atoms with Gasteiger partial charge in [0, 0.05) is 16.1 Å². The molecule has 1 aromatic heterocycles. The van der Waals surface area contributed by atoms with Gasteiger partial charge in [-0.25, -0.2) is 0 Å². The zero-order valence-corrected chi connectivity index (χ0v) is 13.5. The van der Waals surface area contributed by atoms with Crippen molar-refractivity contribution in [2.75, 3.05) is 13.2 Å². The molecule has 0 aliphatic rings. The summed E-state index contributed by atoms with van der Waals surface area (Å²) >= 11 is 9.40. The molecule has 0 bridgehead atoms. The molecular formula is C13H15BrClN3O2. The lowest BCUT2D eigenvalue weighted by Gasteiger charge is -2.19. The third-order valence-corrected chi connectivity index (χ3v) is 3.63. The third-order valence-electron chi connectivity index (χ3n) is 2.70. The molecule has 2 N–H and O–H groups in total. The second-order valence-corrected chi connectivity index (χ2v) is 5.89. The molecule has 1 atom stereocenters. The summed E-state index contributed by atoms with van der Waals surface area (Å²) in [6, 6.07) is 5.34. The van der Waals surface area contributed by atoms with Crippen molar-refractivity contribution in [3.63, 3.8) is 0 Å². The van der Waals surface area contributed by atoms with Gasteiger partial charge in [-0.05, 0) is 48.0 Å². The van der Waals surface area contributed by atoms with Gasteiger partial charge in [-0.2, -0.15) is 4.98 Å². The molecule has 2 rings (SSSR count). The smallest absolute Gasteiger partial charge is 0.259 e. The van der Waals surface area contributed by atoms with Crippen molar-refractivity contribution in [3.05, 3.63) is 33.5 Å². The predicted molar refractivity (Wildman–Crippen MR) is 80.5 cm³/mol. The van der Waals surface area contributed by atoms with E-state index in [-0.39, 0.29) is 0 Å². The minimum atomic E-state index is -0.803. The Bertz CT molecular complexity index is 601. The standard InChI is InChI=1S/C13H15BrClN3O2/c1-3-19-7-13(2,16)12-17-11(20-18-12)9-6-8(15)4-5-10(9)14/h4-6H,3,7,16H2,1-2H3. The largest absolute Gasteiger partial charge is 0.379 e. The Morgan fingerprint density at radius 3 is 2.95 bits per heavy atom. The minimum Gasteiger partial charge on any atom is -0.379 e. The van der Waals surface area contributed by atoms with E-state index in [0.717, 1.165) is 10.0 Å². The van der Waals surface area contributed by atoms with Crippen LogP contribution in [0.25, 0.3) is 11.5 Å². The molecule has 7 heteroatoms. The van der Waals surface area contributed by atoms with Crippen LogP contribution < -0.4 is 5.73 Å². The summed E-state index contributed by atoms with van der Waals surface area (Å²) in [7, 11) is 0. The number of nitrogens with two attached hydrogens (primary N) is 1. The number of nitrogens with zero attached hydrogens (tertiary/aromatic N) is 2. The summed E-state index contributed by atoms with van der Waals surface area (Å²) < 4.78 is 11.4. The lowest BCUT2D eigenvalue weighted by molar-refractivity contribution is 0.0962. The van der Waals surface area contributed by atoms with E-state index in [0.29, 0.717) is 30.0 Å². The van der Waals surface area contributed by atoms with Gasteiger partial charge in [0.1, 0.15) is 5.54 Å². The Balaban J connectivity index is 2.31. The van der Waals surface area contributed by atoms with E-state index < -0.39 is 5.54 Å². The molecule has 2 aromatic rings. The van der Waals surface area contributed by atoms with Gasteiger partial charge in [0.25, 0.3) is 5.89 Å². The van der Waals surface area contributed by atoms with Crippen molar-refractivity contribution in [2.24, 2.45) is 5.73 Å². The number of hydrogen-bond donors (Lipinski definition) is 1. The molecule has 20 heavy (non-hydrogen) atoms. The quantitative estimate of drug-likeness (QED) is 0.885. The van der Waals surface area contributed by atoms with Crippen molar-refractivity contribution in [3.8, 4) is 11.5 Å². The van der Waals surface area contributed by atoms with Gasteiger partial charge in [-0.3, -0.25) is 0 Å². The van der Waals surface area contributed by atoms with Gasteiger partial charge in [0.2, 0.25) is 0 Å². The molecule has 0 saturated carbocycles. The summed E-state index contributed by atoms with van der Waals surface area (Å²) in [4.78, 5) is 4.34. The van der Waals surface area contributed by atoms with Gasteiger partial charge in [-0.15, -0.1) is 0 Å². The van der Waals surface area contributed by atoms with E-state index in [1.165, 1.54) is 0 Å². The summed E-state index contributed by atoms with van der Waals surface area (Å²) in [5, 5.41) is 4.52. The van der Waals surface area contributed by atoms with Crippen molar-refractivity contribution >= 4 is 27.5 Å². The fourth-order valence-electron chi connectivity index (χ4n) is 1.60. The second-order valence-electron chi connectivity index (χ2n) is 4.60. The summed E-state index contributed by atoms with van der Waals surface area (Å²) in [6.07, 6.45) is 0. The number of rotatable bonds is 5. The zero-order chi connectivity index (χ0) is 14.8. The third kappa shape index (κ3) is 3.38. The van der Waals surface area contributed by atoms with Crippen LogP contribution in [0.4, 0.5) is 0 Å². The van der Waals surface area contributed by atoms with E-state index in [4.69, 9.17) is 26.6 Å². The van der Waals surface area contributed by atoms with Crippen LogP contribution in [0.3, 0.4) is 0 Å². The average molecular weight is 361 g/mol. The van der Waals surface area contributed by atoms with Gasteiger partial charge < -0.3 is 15.0 Å². The highest BCUT2D eigenvalue weighted by atomic mass is 79.9. The van der Waals surface area contributed by atoms with E-state index in [1.807, 2.05) is 13.0 Å². The van der Waals surface area contributed by atoms with Gasteiger partial charge in [0.05, 0.1) is 12.2 Å². The fraction of sp³-hybridized carbons (Fsp3) is 0.385. The maximum Gasteiger partial charge on any atom is 0.259 e. The Morgan fingerprint density at radius 1 is 1.50 bits per heavy atom. The number of aromatic nitrogens is 2. The van der Waals surface area contributed by atoms with E-state index in [2.05, 4.69) is 26.1 Å². The van der Waals surface area contributed by atoms with Crippen molar-refractivity contribution in [2.45, 2.75) is 19.4 Å². The van der Waals surface area contributed by atoms with Gasteiger partial charge >= 0.3 is 0 Å². The van der Waals surface area contributed by atoms with Crippen LogP contribution in [0, 0.1) is 0 Å². The first kappa shape index (κ1) is 15.4. The number of ether oxygens (including phenoxy) is 1. The molecule has 0 spiro atoms. The second kappa shape index (κ2) is 6.22. The number of benzene rings is 1. The van der Waals surface area contributed by atoms with Crippen LogP contribution in [-0.2, 0) is 10.3 Å². The average Bonchev–Trinajstić information content (AvgIpc) is 2.89. The molecule has 1 heterocycles. The lowest BCUT2D eigenvalue weighted by atomic mass is 10.1. The van der Waals surface area contributed by atoms with Crippen LogP contribution in [0.5, 0.6) is 0 Å². The highest BCUT2D eigenvalue weighted by Crippen LogP contribution is 2.30. The normalized spacial score (nSPS) is 14.2. The fourth-order valence-corrected chi connectivity index (χ4v) is 2.19. The Hall–Kier alpha value is -0.950. The summed E-state index contributed by atoms with van der Waals surface area (Å²) in [5.74, 6) is 0.760. The first-order chi connectivity index (χ1) is 9.44. The molecule has 0 radical (unpaired) electrons. The molecule has 1 unspecified atom stereocenters. The monoisotopic (exact) mass is 359 g/mol. The molecule has 0 aliphatic heterocycles. The molecule has 108 valence electrons. The van der Waals surface area contributed by atoms with Crippen LogP contribution in [0.2, 0.25) is 5.02 Å². The van der Waals surface area contributed by atoms with E-state index >= 15 is 0 Å². The maximum absolute atomic E-state index is 6.14. The van der Waals surface area contributed by atoms with Crippen molar-refractivity contribution < 1.29 is 9.26 Å². The predicted octanol–water partition coefficient (Wildman–Crippen LogP) is 3.36. The number of hydrogen-bond acceptors (Lipinski definition) is 5. The minimum absolute atomic E-state index is 0.319. The van der Waals surface area contributed by atoms with Crippen molar-refractivity contribution in [1.82, 2.24) is 10.1 Å². The number of halogens is 2. The topological polar surface area (TPSA) is 74.2 Å². The molecule has 0 fully saturated rings. The summed E-state index contributed by atoms with van der Waals surface area (Å²) in [5.41, 5.74) is 6.06. The lowest BCUT2D eigenvalue weighted by Crippen LogP contribution is -2.39. The molecule has 0 aliphatic carbocycles. The van der Waals surface area contributed by atoms with Gasteiger partial charge in [-0.1, -0.05) is 16.8 Å². The molecule has 5 nitrogen and oxygen atoms in total. The highest BCUT2D eigenvalue weighted by Gasteiger charge is 2.28. The van der Waals surface area contributed by atoms with Gasteiger partial charge in [0.15, 0.2) is 5.82 Å². The van der Waals surface area contributed by atoms with E-state index in [1.54, 1.807) is 19.1 Å². The molecule has 0 amide bonds. The van der Waals surface area contributed by atoms with Crippen LogP contribution in [0.1, 0.15) is 19.7 Å². The maximum atomic E-state index is 6.14. The van der Waals surface area contributed by atoms with Crippen molar-refractivity contribution in [1.29, 1.82) is 0 Å². The SMILES string of the molecule is CCOCC(C)(N)c1noc(-c2cc(Cl)ccc2Br)n1. The molecule has 0 saturated heterocycles. The first-order valence-corrected chi connectivity index (χ1v) is 7.27. The van der Waals surface area contributed by atoms with Crippen LogP contribution in [-0.4, -0.2) is 23.4 Å². The van der Waals surface area contributed by atoms with Crippen LogP contribution >= 0.6 is 27.5 Å². The molecule has 1 aromatic carbocycles. The Kier molecular flexibility index (Phi) is 4.80. The highest BCUT2D eigenvalue weighted by molar-refractivity contribution is 9.10. The summed E-state index contributed by atoms with van der Waals surface area (Å²) in [6.45, 7) is 4.60. The Labute approximate surface area is 130 Å².